The molecule has 1 atom stereocenters. The number of likely N-dealkylation sites (tertiary alicyclic amines) is 1. The number of nitrogens with one attached hydrogen (secondary N) is 1. The lowest BCUT2D eigenvalue weighted by atomic mass is 9.95. The quantitative estimate of drug-likeness (QED) is 0.154. The number of carbonyl (C=O) groups excluding carboxylic acids is 4. The van der Waals surface area contributed by atoms with E-state index in [1.807, 2.05) is 19.1 Å². The van der Waals surface area contributed by atoms with Crippen molar-refractivity contribution < 1.29 is 46.2 Å². The molecule has 0 radical (unpaired) electrons. The zero-order valence-corrected chi connectivity index (χ0v) is 25.4. The van der Waals surface area contributed by atoms with E-state index in [9.17, 15) is 36.7 Å². The monoisotopic (exact) mass is 639 g/mol. The van der Waals surface area contributed by atoms with E-state index in [1.54, 1.807) is 32.3 Å². The van der Waals surface area contributed by atoms with Crippen molar-refractivity contribution in [2.24, 2.45) is 5.92 Å². The van der Waals surface area contributed by atoms with Gasteiger partial charge < -0.3 is 19.7 Å². The molecule has 3 aromatic rings. The van der Waals surface area contributed by atoms with Crippen LogP contribution in [-0.4, -0.2) is 64.7 Å². The summed E-state index contributed by atoms with van der Waals surface area (Å²) in [6, 6.07) is 6.79. The molecule has 1 aliphatic heterocycles. The molecule has 9 nitrogen and oxygen atoms in total. The molecule has 0 saturated carbocycles. The Kier molecular flexibility index (Phi) is 11.8. The molecule has 2 aromatic carbocycles. The topological polar surface area (TPSA) is 115 Å². The normalized spacial score (nSPS) is 14.3. The van der Waals surface area contributed by atoms with Crippen molar-refractivity contribution in [3.8, 4) is 5.75 Å². The molecule has 4 rings (SSSR count). The fourth-order valence-electron chi connectivity index (χ4n) is 4.29. The van der Waals surface area contributed by atoms with E-state index in [-0.39, 0.29) is 6.07 Å². The van der Waals surface area contributed by atoms with Crippen molar-refractivity contribution >= 4 is 45.7 Å². The highest BCUT2D eigenvalue weighted by atomic mass is 32.1. The maximum Gasteiger partial charge on any atom is 0.308 e. The molecule has 1 saturated heterocycles. The van der Waals surface area contributed by atoms with Crippen molar-refractivity contribution in [2.45, 2.75) is 58.6 Å². The van der Waals surface area contributed by atoms with E-state index in [0.717, 1.165) is 5.69 Å². The third kappa shape index (κ3) is 9.46. The average molecular weight is 640 g/mol. The summed E-state index contributed by atoms with van der Waals surface area (Å²) >= 11 is 1.56. The fourth-order valence-corrected chi connectivity index (χ4v) is 5.07. The molecule has 238 valence electrons. The summed E-state index contributed by atoms with van der Waals surface area (Å²) in [5, 5.41) is 3.70. The summed E-state index contributed by atoms with van der Waals surface area (Å²) in [5.74, 6) is -11.5. The number of ketones is 1. The highest BCUT2D eigenvalue weighted by Crippen LogP contribution is 2.27. The van der Waals surface area contributed by atoms with Crippen LogP contribution < -0.4 is 10.1 Å². The average Bonchev–Trinajstić information content (AvgIpc) is 3.35. The van der Waals surface area contributed by atoms with Gasteiger partial charge in [-0.1, -0.05) is 18.2 Å². The Labute approximate surface area is 255 Å². The lowest BCUT2D eigenvalue weighted by Gasteiger charge is -2.29. The summed E-state index contributed by atoms with van der Waals surface area (Å²) in [7, 11) is 0. The van der Waals surface area contributed by atoms with Crippen molar-refractivity contribution in [3.63, 3.8) is 0 Å². The smallest absolute Gasteiger partial charge is 0.308 e. The molecule has 1 unspecified atom stereocenters. The van der Waals surface area contributed by atoms with Crippen LogP contribution in [0.5, 0.6) is 5.75 Å². The first-order valence-electron chi connectivity index (χ1n) is 13.7. The molecular formula is C30H33F4N3O6S. The number of rotatable bonds is 9. The van der Waals surface area contributed by atoms with Gasteiger partial charge in [-0.15, -0.1) is 0 Å². The molecule has 2 amide bonds. The number of aryl methyl sites for hydroxylation is 1. The van der Waals surface area contributed by atoms with Gasteiger partial charge in [0.2, 0.25) is 24.0 Å². The van der Waals surface area contributed by atoms with E-state index >= 15 is 0 Å². The fraction of sp³-hybridized carbons (Fsp3) is 0.433. The number of esters is 1. The van der Waals surface area contributed by atoms with Crippen LogP contribution in [0.3, 0.4) is 0 Å². The first kappa shape index (κ1) is 34.4. The van der Waals surface area contributed by atoms with E-state index in [0.29, 0.717) is 32.3 Å². The Balaban J connectivity index is 0.000000440. The van der Waals surface area contributed by atoms with Crippen LogP contribution in [0.2, 0.25) is 0 Å². The van der Waals surface area contributed by atoms with Crippen molar-refractivity contribution in [2.75, 3.05) is 19.7 Å². The van der Waals surface area contributed by atoms with E-state index < -0.39 is 77.3 Å². The number of Topliss-reactive ketones (excluding diaryl/α,β-unsaturated/α-hetero) is 1. The first-order chi connectivity index (χ1) is 20.7. The maximum atomic E-state index is 13.8. The minimum absolute atomic E-state index is 0.0131. The Morgan fingerprint density at radius 3 is 2.27 bits per heavy atom. The van der Waals surface area contributed by atoms with Gasteiger partial charge in [-0.2, -0.15) is 13.2 Å². The molecule has 1 aliphatic rings. The summed E-state index contributed by atoms with van der Waals surface area (Å²) in [5.41, 5.74) is 0.249. The molecule has 0 bridgehead atoms. The Morgan fingerprint density at radius 1 is 1.09 bits per heavy atom. The Hall–Kier alpha value is -4.07. The second-order valence-corrected chi connectivity index (χ2v) is 11.9. The number of carbonyl (C=O) groups is 4. The number of hydrogen-bond acceptors (Lipinski definition) is 8. The molecular weight excluding hydrogens is 606 g/mol. The summed E-state index contributed by atoms with van der Waals surface area (Å²) in [6.45, 7) is 6.39. The highest BCUT2D eigenvalue weighted by molar-refractivity contribution is 7.13. The first-order valence-corrected chi connectivity index (χ1v) is 14.5. The van der Waals surface area contributed by atoms with Crippen molar-refractivity contribution in [1.29, 1.82) is 0 Å². The SMILES string of the molecule is CC(C)(C)OC(=O)CC(NC(=O)C1CCN(C=O)CC1)C(=O)COc1c(F)c(F)cc(F)c1F.Cc1nsc2ccccc12. The number of nitrogens with zero attached hydrogens (tertiary/aromatic N) is 2. The van der Waals surface area contributed by atoms with Crippen molar-refractivity contribution in [3.05, 3.63) is 59.3 Å². The van der Waals surface area contributed by atoms with Crippen LogP contribution in [-0.2, 0) is 23.9 Å². The number of benzene rings is 2. The summed E-state index contributed by atoms with van der Waals surface area (Å²) < 4.78 is 69.7. The maximum absolute atomic E-state index is 13.8. The van der Waals surface area contributed by atoms with E-state index in [2.05, 4.69) is 26.6 Å². The van der Waals surface area contributed by atoms with Crippen molar-refractivity contribution in [1.82, 2.24) is 14.6 Å². The predicted molar refractivity (Wildman–Crippen MR) is 154 cm³/mol. The summed E-state index contributed by atoms with van der Waals surface area (Å²) in [4.78, 5) is 49.9. The lowest BCUT2D eigenvalue weighted by Crippen LogP contribution is -2.49. The van der Waals surface area contributed by atoms with Crippen LogP contribution in [0.25, 0.3) is 10.1 Å². The number of fused-ring (bicyclic) bond motifs is 1. The van der Waals surface area contributed by atoms with Crippen LogP contribution >= 0.6 is 11.5 Å². The third-order valence-electron chi connectivity index (χ3n) is 6.53. The number of amides is 2. The van der Waals surface area contributed by atoms with Crippen LogP contribution in [0.1, 0.15) is 45.7 Å². The number of aromatic nitrogens is 1. The van der Waals surface area contributed by atoms with Gasteiger partial charge in [0.1, 0.15) is 18.2 Å². The summed E-state index contributed by atoms with van der Waals surface area (Å²) in [6.07, 6.45) is 0.704. The van der Waals surface area contributed by atoms with Gasteiger partial charge in [0.25, 0.3) is 0 Å². The van der Waals surface area contributed by atoms with Crippen LogP contribution in [0, 0.1) is 36.1 Å². The van der Waals surface area contributed by atoms with Gasteiger partial charge in [0.05, 0.1) is 16.8 Å². The molecule has 0 aliphatic carbocycles. The number of piperidine rings is 1. The molecule has 1 fully saturated rings. The van der Waals surface area contributed by atoms with E-state index in [1.165, 1.54) is 15.0 Å². The standard InChI is InChI=1S/C22H26F4N2O6.C8H7NS/c1-22(2,3)34-17(31)9-15(27-21(32)12-4-6-28(11-29)7-5-12)16(30)10-33-20-18(25)13(23)8-14(24)19(20)26;1-6-7-4-2-3-5-8(7)10-9-6/h8,11-12,15H,4-7,9-10H2,1-3H3,(H,27,32);2-5H,1H3. The number of hydrogen-bond donors (Lipinski definition) is 1. The van der Waals surface area contributed by atoms with Crippen LogP contribution in [0.15, 0.2) is 30.3 Å². The molecule has 44 heavy (non-hydrogen) atoms. The van der Waals surface area contributed by atoms with Gasteiger partial charge in [0.15, 0.2) is 23.2 Å². The minimum atomic E-state index is -1.83. The van der Waals surface area contributed by atoms with Gasteiger partial charge in [-0.05, 0) is 58.1 Å². The van der Waals surface area contributed by atoms with Gasteiger partial charge in [0, 0.05) is 30.5 Å². The molecule has 1 N–H and O–H groups in total. The minimum Gasteiger partial charge on any atom is -0.479 e. The zero-order valence-electron chi connectivity index (χ0n) is 24.6. The molecule has 0 spiro atoms. The van der Waals surface area contributed by atoms with E-state index in [4.69, 9.17) is 4.74 Å². The largest absolute Gasteiger partial charge is 0.479 e. The van der Waals surface area contributed by atoms with Gasteiger partial charge >= 0.3 is 5.97 Å². The second kappa shape index (κ2) is 15.1. The van der Waals surface area contributed by atoms with Crippen LogP contribution in [0.4, 0.5) is 17.6 Å². The zero-order chi connectivity index (χ0) is 32.6. The number of halogens is 4. The second-order valence-electron chi connectivity index (χ2n) is 11.1. The Bertz CT molecular complexity index is 1480. The van der Waals surface area contributed by atoms with Gasteiger partial charge in [-0.3, -0.25) is 19.2 Å². The predicted octanol–water partition coefficient (Wildman–Crippen LogP) is 4.88. The number of ether oxygens (including phenoxy) is 2. The molecule has 2 heterocycles. The third-order valence-corrected chi connectivity index (χ3v) is 7.45. The van der Waals surface area contributed by atoms with Gasteiger partial charge in [-0.25, -0.2) is 8.78 Å². The highest BCUT2D eigenvalue weighted by Gasteiger charge is 2.32. The Morgan fingerprint density at radius 2 is 1.70 bits per heavy atom. The molecule has 1 aromatic heterocycles. The lowest BCUT2D eigenvalue weighted by molar-refractivity contribution is -0.156. The molecule has 14 heteroatoms.